The summed E-state index contributed by atoms with van der Waals surface area (Å²) < 4.78 is 16.3. The van der Waals surface area contributed by atoms with Gasteiger partial charge in [0.2, 0.25) is 0 Å². The van der Waals surface area contributed by atoms with Gasteiger partial charge in [0.15, 0.2) is 5.78 Å². The third-order valence-electron chi connectivity index (χ3n) is 4.04. The van der Waals surface area contributed by atoms with Gasteiger partial charge < -0.3 is 14.2 Å². The lowest BCUT2D eigenvalue weighted by Gasteiger charge is -2.18. The van der Waals surface area contributed by atoms with Crippen LogP contribution in [0.1, 0.15) is 11.1 Å². The predicted molar refractivity (Wildman–Crippen MR) is 97.8 cm³/mol. The number of methoxy groups -OCH3 is 2. The van der Waals surface area contributed by atoms with Crippen molar-refractivity contribution in [2.75, 3.05) is 27.4 Å². The number of carbonyl (C=O) groups is 1. The van der Waals surface area contributed by atoms with Crippen molar-refractivity contribution in [2.24, 2.45) is 0 Å². The fourth-order valence-electron chi connectivity index (χ4n) is 2.77. The van der Waals surface area contributed by atoms with E-state index in [-0.39, 0.29) is 5.78 Å². The van der Waals surface area contributed by atoms with Gasteiger partial charge in [-0.2, -0.15) is 0 Å². The van der Waals surface area contributed by atoms with Crippen molar-refractivity contribution in [1.29, 1.82) is 0 Å². The standard InChI is InChI=1S/C21H20O4/c1-23-19-9-5-3-7-15(19)11-17-13-25-14-18(21(17)22)12-16-8-4-6-10-20(16)24-2/h3-12H,13-14H2,1-2H3/b17-11+,18-12+. The highest BCUT2D eigenvalue weighted by Gasteiger charge is 2.22. The molecule has 4 nitrogen and oxygen atoms in total. The molecule has 4 heteroatoms. The van der Waals surface area contributed by atoms with Gasteiger partial charge in [0, 0.05) is 22.3 Å². The number of ketones is 1. The highest BCUT2D eigenvalue weighted by Crippen LogP contribution is 2.26. The van der Waals surface area contributed by atoms with Gasteiger partial charge in [-0.1, -0.05) is 36.4 Å². The molecular weight excluding hydrogens is 316 g/mol. The van der Waals surface area contributed by atoms with Crippen molar-refractivity contribution < 1.29 is 19.0 Å². The van der Waals surface area contributed by atoms with Gasteiger partial charge in [0.25, 0.3) is 0 Å². The van der Waals surface area contributed by atoms with Crippen LogP contribution in [-0.2, 0) is 9.53 Å². The molecule has 1 aliphatic heterocycles. The second-order valence-electron chi connectivity index (χ2n) is 5.64. The zero-order valence-electron chi connectivity index (χ0n) is 14.3. The van der Waals surface area contributed by atoms with Crippen molar-refractivity contribution in [3.05, 3.63) is 70.8 Å². The fourth-order valence-corrected chi connectivity index (χ4v) is 2.77. The van der Waals surface area contributed by atoms with Crippen molar-refractivity contribution in [3.63, 3.8) is 0 Å². The van der Waals surface area contributed by atoms with E-state index in [0.29, 0.717) is 24.4 Å². The van der Waals surface area contributed by atoms with Crippen LogP contribution in [0.4, 0.5) is 0 Å². The molecule has 25 heavy (non-hydrogen) atoms. The lowest BCUT2D eigenvalue weighted by molar-refractivity contribution is -0.114. The largest absolute Gasteiger partial charge is 0.496 e. The number of Topliss-reactive ketones (excluding diaryl/α,β-unsaturated/α-hetero) is 1. The molecule has 0 saturated carbocycles. The van der Waals surface area contributed by atoms with Crippen molar-refractivity contribution in [3.8, 4) is 11.5 Å². The van der Waals surface area contributed by atoms with Gasteiger partial charge in [-0.25, -0.2) is 0 Å². The first-order valence-electron chi connectivity index (χ1n) is 8.02. The molecule has 0 unspecified atom stereocenters. The lowest BCUT2D eigenvalue weighted by atomic mass is 9.97. The first-order chi connectivity index (χ1) is 12.2. The Labute approximate surface area is 147 Å². The van der Waals surface area contributed by atoms with Gasteiger partial charge in [-0.15, -0.1) is 0 Å². The third kappa shape index (κ3) is 3.80. The van der Waals surface area contributed by atoms with E-state index in [1.807, 2.05) is 60.7 Å². The Hall–Kier alpha value is -2.85. The summed E-state index contributed by atoms with van der Waals surface area (Å²) in [6.07, 6.45) is 3.66. The van der Waals surface area contributed by atoms with Gasteiger partial charge in [0.1, 0.15) is 11.5 Å². The average molecular weight is 336 g/mol. The van der Waals surface area contributed by atoms with Crippen molar-refractivity contribution in [1.82, 2.24) is 0 Å². The number of rotatable bonds is 4. The highest BCUT2D eigenvalue weighted by molar-refractivity contribution is 6.14. The molecule has 0 bridgehead atoms. The summed E-state index contributed by atoms with van der Waals surface area (Å²) in [5.74, 6) is 1.44. The summed E-state index contributed by atoms with van der Waals surface area (Å²) in [4.78, 5) is 12.8. The lowest BCUT2D eigenvalue weighted by Crippen LogP contribution is -2.22. The number of ether oxygens (including phenoxy) is 3. The van der Waals surface area contributed by atoms with E-state index in [0.717, 1.165) is 22.6 Å². The Morgan fingerprint density at radius 2 is 1.24 bits per heavy atom. The van der Waals surface area contributed by atoms with E-state index in [4.69, 9.17) is 14.2 Å². The molecule has 1 heterocycles. The van der Waals surface area contributed by atoms with Crippen LogP contribution in [0, 0.1) is 0 Å². The Morgan fingerprint density at radius 3 is 1.68 bits per heavy atom. The summed E-state index contributed by atoms with van der Waals surface area (Å²) in [6.45, 7) is 0.584. The highest BCUT2D eigenvalue weighted by atomic mass is 16.5. The molecule has 0 N–H and O–H groups in total. The van der Waals surface area contributed by atoms with Crippen LogP contribution < -0.4 is 9.47 Å². The summed E-state index contributed by atoms with van der Waals surface area (Å²) in [7, 11) is 3.23. The molecule has 3 rings (SSSR count). The number of para-hydroxylation sites is 2. The third-order valence-corrected chi connectivity index (χ3v) is 4.04. The Morgan fingerprint density at radius 1 is 0.800 bits per heavy atom. The molecule has 0 radical (unpaired) electrons. The normalized spacial score (nSPS) is 17.8. The monoisotopic (exact) mass is 336 g/mol. The van der Waals surface area contributed by atoms with E-state index in [1.54, 1.807) is 14.2 Å². The minimum atomic E-state index is -0.0111. The number of carbonyl (C=O) groups excluding carboxylic acids is 1. The first kappa shape index (κ1) is 17.0. The predicted octanol–water partition coefficient (Wildman–Crippen LogP) is 3.77. The van der Waals surface area contributed by atoms with Crippen LogP contribution >= 0.6 is 0 Å². The van der Waals surface area contributed by atoms with E-state index >= 15 is 0 Å². The Balaban J connectivity index is 1.93. The second-order valence-corrected chi connectivity index (χ2v) is 5.64. The van der Waals surface area contributed by atoms with Crippen LogP contribution in [0.25, 0.3) is 12.2 Å². The van der Waals surface area contributed by atoms with Gasteiger partial charge in [-0.05, 0) is 24.3 Å². The SMILES string of the molecule is COc1ccccc1/C=C1\COC/C(=C\c2ccccc2OC)C1=O. The molecule has 1 fully saturated rings. The van der Waals surface area contributed by atoms with E-state index in [1.165, 1.54) is 0 Å². The maximum Gasteiger partial charge on any atom is 0.189 e. The number of hydrogen-bond donors (Lipinski definition) is 0. The molecule has 0 atom stereocenters. The molecule has 0 aromatic heterocycles. The summed E-state index contributed by atoms with van der Waals surface area (Å²) >= 11 is 0. The average Bonchev–Trinajstić information content (AvgIpc) is 2.66. The summed E-state index contributed by atoms with van der Waals surface area (Å²) in [5, 5.41) is 0. The summed E-state index contributed by atoms with van der Waals surface area (Å²) in [6, 6.07) is 15.2. The zero-order chi connectivity index (χ0) is 17.6. The van der Waals surface area contributed by atoms with Gasteiger partial charge >= 0.3 is 0 Å². The molecule has 128 valence electrons. The first-order valence-corrected chi connectivity index (χ1v) is 8.02. The minimum Gasteiger partial charge on any atom is -0.496 e. The minimum absolute atomic E-state index is 0.0111. The number of hydrogen-bond acceptors (Lipinski definition) is 4. The quantitative estimate of drug-likeness (QED) is 0.797. The summed E-state index contributed by atoms with van der Waals surface area (Å²) in [5.41, 5.74) is 2.93. The van der Waals surface area contributed by atoms with E-state index in [9.17, 15) is 4.79 Å². The van der Waals surface area contributed by atoms with Crippen LogP contribution in [0.5, 0.6) is 11.5 Å². The Kier molecular flexibility index (Phi) is 5.31. The molecule has 0 amide bonds. The number of benzene rings is 2. The van der Waals surface area contributed by atoms with Crippen LogP contribution in [0.2, 0.25) is 0 Å². The molecule has 0 spiro atoms. The van der Waals surface area contributed by atoms with Crippen molar-refractivity contribution >= 4 is 17.9 Å². The van der Waals surface area contributed by atoms with Crippen LogP contribution in [0.15, 0.2) is 59.7 Å². The van der Waals surface area contributed by atoms with Gasteiger partial charge in [0.05, 0.1) is 27.4 Å². The zero-order valence-corrected chi connectivity index (χ0v) is 14.3. The van der Waals surface area contributed by atoms with Gasteiger partial charge in [-0.3, -0.25) is 4.79 Å². The maximum absolute atomic E-state index is 12.8. The molecular formula is C21H20O4. The molecule has 2 aromatic rings. The molecule has 1 aliphatic rings. The van der Waals surface area contributed by atoms with E-state index < -0.39 is 0 Å². The smallest absolute Gasteiger partial charge is 0.189 e. The van der Waals surface area contributed by atoms with Crippen LogP contribution in [0.3, 0.4) is 0 Å². The van der Waals surface area contributed by atoms with Crippen molar-refractivity contribution in [2.45, 2.75) is 0 Å². The molecule has 0 aliphatic carbocycles. The fraction of sp³-hybridized carbons (Fsp3) is 0.190. The topological polar surface area (TPSA) is 44.8 Å². The molecule has 2 aromatic carbocycles. The Bertz CT molecular complexity index is 766. The van der Waals surface area contributed by atoms with Crippen LogP contribution in [-0.4, -0.2) is 33.2 Å². The second kappa shape index (κ2) is 7.81. The molecule has 1 saturated heterocycles. The van der Waals surface area contributed by atoms with E-state index in [2.05, 4.69) is 0 Å². The maximum atomic E-state index is 12.8.